The Hall–Kier alpha value is -2.77. The van der Waals surface area contributed by atoms with Gasteiger partial charge in [-0.25, -0.2) is 4.99 Å². The van der Waals surface area contributed by atoms with Crippen LogP contribution in [0.4, 0.5) is 5.69 Å². The highest BCUT2D eigenvalue weighted by molar-refractivity contribution is 5.95. The first kappa shape index (κ1) is 25.3. The third kappa shape index (κ3) is 11.9. The quantitative estimate of drug-likeness (QED) is 0.345. The average molecular weight is 420 g/mol. The van der Waals surface area contributed by atoms with Gasteiger partial charge in [0, 0.05) is 30.7 Å². The predicted octanol–water partition coefficient (Wildman–Crippen LogP) is 2.66. The topological polar surface area (TPSA) is 104 Å². The molecule has 0 atom stereocenters. The van der Waals surface area contributed by atoms with Crippen molar-refractivity contribution in [2.45, 2.75) is 66.0 Å². The molecule has 0 spiro atoms. The molecule has 0 bridgehead atoms. The Labute approximate surface area is 180 Å². The molecule has 0 saturated carbocycles. The summed E-state index contributed by atoms with van der Waals surface area (Å²) in [5.74, 6) is 1.01. The van der Waals surface area contributed by atoms with Crippen molar-refractivity contribution < 1.29 is 14.3 Å². The van der Waals surface area contributed by atoms with Gasteiger partial charge in [0.15, 0.2) is 5.96 Å². The zero-order valence-corrected chi connectivity index (χ0v) is 19.1. The van der Waals surface area contributed by atoms with Gasteiger partial charge in [0.1, 0.15) is 12.3 Å². The fourth-order valence-corrected chi connectivity index (χ4v) is 2.42. The summed E-state index contributed by atoms with van der Waals surface area (Å²) in [6.07, 6.45) is 1.31. The summed E-state index contributed by atoms with van der Waals surface area (Å²) in [5.41, 5.74) is 0.473. The molecule has 8 heteroatoms. The number of amides is 2. The van der Waals surface area contributed by atoms with Gasteiger partial charge in [-0.2, -0.15) is 0 Å². The minimum absolute atomic E-state index is 0.0237. The summed E-state index contributed by atoms with van der Waals surface area (Å²) in [4.78, 5) is 28.3. The third-order valence-electron chi connectivity index (χ3n) is 3.60. The maximum Gasteiger partial charge on any atom is 0.242 e. The number of hydrogen-bond donors (Lipinski definition) is 4. The van der Waals surface area contributed by atoms with Crippen molar-refractivity contribution in [3.05, 3.63) is 24.3 Å². The van der Waals surface area contributed by atoms with Gasteiger partial charge in [-0.3, -0.25) is 9.59 Å². The Morgan fingerprint density at radius 3 is 2.27 bits per heavy atom. The first-order chi connectivity index (χ1) is 14.1. The van der Waals surface area contributed by atoms with Crippen molar-refractivity contribution in [1.82, 2.24) is 16.0 Å². The number of nitrogens with one attached hydrogen (secondary N) is 4. The average Bonchev–Trinajstić information content (AvgIpc) is 2.64. The lowest BCUT2D eigenvalue weighted by Gasteiger charge is -2.20. The first-order valence-electron chi connectivity index (χ1n) is 10.5. The second-order valence-corrected chi connectivity index (χ2v) is 8.31. The maximum absolute atomic E-state index is 12.1. The van der Waals surface area contributed by atoms with Gasteiger partial charge in [-0.05, 0) is 65.3 Å². The van der Waals surface area contributed by atoms with Gasteiger partial charge >= 0.3 is 0 Å². The Bertz CT molecular complexity index is 694. The summed E-state index contributed by atoms with van der Waals surface area (Å²) in [7, 11) is 0. The second-order valence-electron chi connectivity index (χ2n) is 8.31. The lowest BCUT2D eigenvalue weighted by molar-refractivity contribution is -0.121. The van der Waals surface area contributed by atoms with Crippen molar-refractivity contribution in [2.24, 2.45) is 4.99 Å². The van der Waals surface area contributed by atoms with Crippen LogP contribution in [0.3, 0.4) is 0 Å². The van der Waals surface area contributed by atoms with Crippen molar-refractivity contribution in [3.8, 4) is 5.75 Å². The van der Waals surface area contributed by atoms with Crippen LogP contribution in [0.25, 0.3) is 0 Å². The Kier molecular flexibility index (Phi) is 10.7. The SMILES string of the molecule is CCCNC(=O)CCNC(=NCC(=O)NC(C)(C)C)Nc1ccc(OC(C)C)cc1. The smallest absolute Gasteiger partial charge is 0.242 e. The lowest BCUT2D eigenvalue weighted by atomic mass is 10.1. The molecule has 168 valence electrons. The molecule has 0 unspecified atom stereocenters. The van der Waals surface area contributed by atoms with Crippen LogP contribution in [-0.4, -0.2) is 49.1 Å². The molecule has 2 amide bonds. The van der Waals surface area contributed by atoms with E-state index < -0.39 is 0 Å². The van der Waals surface area contributed by atoms with Crippen LogP contribution in [-0.2, 0) is 9.59 Å². The van der Waals surface area contributed by atoms with E-state index in [0.717, 1.165) is 17.9 Å². The van der Waals surface area contributed by atoms with Gasteiger partial charge in [0.2, 0.25) is 11.8 Å². The Morgan fingerprint density at radius 2 is 1.70 bits per heavy atom. The van der Waals surface area contributed by atoms with E-state index in [1.807, 2.05) is 65.8 Å². The molecule has 1 aromatic carbocycles. The molecule has 0 aliphatic rings. The molecule has 0 aliphatic heterocycles. The molecular weight excluding hydrogens is 382 g/mol. The largest absolute Gasteiger partial charge is 0.491 e. The zero-order chi connectivity index (χ0) is 22.6. The van der Waals surface area contributed by atoms with E-state index >= 15 is 0 Å². The highest BCUT2D eigenvalue weighted by atomic mass is 16.5. The summed E-state index contributed by atoms with van der Waals surface area (Å²) >= 11 is 0. The lowest BCUT2D eigenvalue weighted by Crippen LogP contribution is -2.42. The van der Waals surface area contributed by atoms with E-state index in [9.17, 15) is 9.59 Å². The fraction of sp³-hybridized carbons (Fsp3) is 0.591. The van der Waals surface area contributed by atoms with Crippen molar-refractivity contribution >= 4 is 23.5 Å². The van der Waals surface area contributed by atoms with E-state index in [1.165, 1.54) is 0 Å². The van der Waals surface area contributed by atoms with Gasteiger partial charge in [0.25, 0.3) is 0 Å². The van der Waals surface area contributed by atoms with Crippen LogP contribution < -0.4 is 26.0 Å². The maximum atomic E-state index is 12.1. The molecule has 0 heterocycles. The molecule has 4 N–H and O–H groups in total. The Balaban J connectivity index is 2.74. The third-order valence-corrected chi connectivity index (χ3v) is 3.60. The summed E-state index contributed by atoms with van der Waals surface area (Å²) in [6, 6.07) is 7.48. The number of carbonyl (C=O) groups excluding carboxylic acids is 2. The fourth-order valence-electron chi connectivity index (χ4n) is 2.42. The van der Waals surface area contributed by atoms with Crippen LogP contribution in [0.5, 0.6) is 5.75 Å². The van der Waals surface area contributed by atoms with Crippen LogP contribution in [0.15, 0.2) is 29.3 Å². The number of anilines is 1. The van der Waals surface area contributed by atoms with Gasteiger partial charge in [-0.15, -0.1) is 0 Å². The molecule has 0 aliphatic carbocycles. The van der Waals surface area contributed by atoms with E-state index in [0.29, 0.717) is 25.5 Å². The number of hydrogen-bond acceptors (Lipinski definition) is 4. The van der Waals surface area contributed by atoms with Crippen LogP contribution in [0.1, 0.15) is 54.4 Å². The molecule has 0 saturated heterocycles. The number of nitrogens with zero attached hydrogens (tertiary/aromatic N) is 1. The highest BCUT2D eigenvalue weighted by Gasteiger charge is 2.13. The zero-order valence-electron chi connectivity index (χ0n) is 19.1. The number of aliphatic imine (C=N–C) groups is 1. The molecule has 0 fully saturated rings. The highest BCUT2D eigenvalue weighted by Crippen LogP contribution is 2.16. The number of benzene rings is 1. The number of rotatable bonds is 10. The van der Waals surface area contributed by atoms with E-state index in [4.69, 9.17) is 4.74 Å². The first-order valence-corrected chi connectivity index (χ1v) is 10.5. The molecule has 0 aromatic heterocycles. The van der Waals surface area contributed by atoms with E-state index in [-0.39, 0.29) is 30.0 Å². The van der Waals surface area contributed by atoms with Crippen LogP contribution >= 0.6 is 0 Å². The molecule has 0 radical (unpaired) electrons. The Morgan fingerprint density at radius 1 is 1.03 bits per heavy atom. The minimum atomic E-state index is -0.322. The molecule has 1 aromatic rings. The van der Waals surface area contributed by atoms with Gasteiger partial charge < -0.3 is 26.0 Å². The summed E-state index contributed by atoms with van der Waals surface area (Å²) in [5, 5.41) is 12.0. The normalized spacial score (nSPS) is 11.8. The minimum Gasteiger partial charge on any atom is -0.491 e. The number of ether oxygens (including phenoxy) is 1. The van der Waals surface area contributed by atoms with Gasteiger partial charge in [0.05, 0.1) is 6.10 Å². The van der Waals surface area contributed by atoms with Crippen molar-refractivity contribution in [1.29, 1.82) is 0 Å². The molecule has 30 heavy (non-hydrogen) atoms. The monoisotopic (exact) mass is 419 g/mol. The van der Waals surface area contributed by atoms with Crippen LogP contribution in [0, 0.1) is 0 Å². The standard InChI is InChI=1S/C22H37N5O3/c1-7-13-23-19(28)12-14-24-21(25-15-20(29)27-22(4,5)6)26-17-8-10-18(11-9-17)30-16(2)3/h8-11,16H,7,12-15H2,1-6H3,(H,23,28)(H,27,29)(H2,24,25,26). The molecule has 8 nitrogen and oxygen atoms in total. The van der Waals surface area contributed by atoms with E-state index in [1.54, 1.807) is 0 Å². The van der Waals surface area contributed by atoms with Crippen LogP contribution in [0.2, 0.25) is 0 Å². The van der Waals surface area contributed by atoms with E-state index in [2.05, 4.69) is 26.3 Å². The van der Waals surface area contributed by atoms with Gasteiger partial charge in [-0.1, -0.05) is 6.92 Å². The second kappa shape index (κ2) is 12.7. The summed E-state index contributed by atoms with van der Waals surface area (Å²) < 4.78 is 5.65. The molecular formula is C22H37N5O3. The van der Waals surface area contributed by atoms with Crippen molar-refractivity contribution in [3.63, 3.8) is 0 Å². The number of guanidine groups is 1. The summed E-state index contributed by atoms with van der Waals surface area (Å²) in [6.45, 7) is 12.7. The van der Waals surface area contributed by atoms with Crippen molar-refractivity contribution in [2.75, 3.05) is 25.0 Å². The number of carbonyl (C=O) groups is 2. The molecule has 1 rings (SSSR count). The predicted molar refractivity (Wildman–Crippen MR) is 122 cm³/mol.